The van der Waals surface area contributed by atoms with Crippen molar-refractivity contribution < 1.29 is 48.6 Å². The first-order valence-electron chi connectivity index (χ1n) is 1.78. The molecule has 0 aliphatic rings. The SMILES string of the molecule is C=CC(O)O[P+](=O)[O-].[Na+]. The summed E-state index contributed by atoms with van der Waals surface area (Å²) in [5, 5.41) is 8.30. The maximum atomic E-state index is 9.58. The Morgan fingerprint density at radius 3 is 2.44 bits per heavy atom. The van der Waals surface area contributed by atoms with Crippen molar-refractivity contribution in [1.29, 1.82) is 0 Å². The Bertz CT molecular complexity index is 106. The van der Waals surface area contributed by atoms with Crippen LogP contribution in [0.5, 0.6) is 0 Å². The van der Waals surface area contributed by atoms with Crippen molar-refractivity contribution in [1.82, 2.24) is 0 Å². The van der Waals surface area contributed by atoms with Gasteiger partial charge in [-0.2, -0.15) is 0 Å². The van der Waals surface area contributed by atoms with Gasteiger partial charge >= 0.3 is 37.8 Å². The van der Waals surface area contributed by atoms with E-state index in [0.717, 1.165) is 6.08 Å². The molecule has 2 atom stereocenters. The molecule has 46 valence electrons. The molecule has 0 aliphatic heterocycles. The van der Waals surface area contributed by atoms with Crippen molar-refractivity contribution in [3.05, 3.63) is 12.7 Å². The number of hydrogen-bond acceptors (Lipinski definition) is 4. The van der Waals surface area contributed by atoms with Crippen LogP contribution in [0.1, 0.15) is 0 Å². The summed E-state index contributed by atoms with van der Waals surface area (Å²) in [6.45, 7) is 3.07. The van der Waals surface area contributed by atoms with E-state index in [0.29, 0.717) is 0 Å². The summed E-state index contributed by atoms with van der Waals surface area (Å²) in [5.74, 6) is 0. The van der Waals surface area contributed by atoms with Gasteiger partial charge in [0.05, 0.1) is 0 Å². The molecule has 0 aliphatic carbocycles. The van der Waals surface area contributed by atoms with Crippen molar-refractivity contribution >= 4 is 8.25 Å². The van der Waals surface area contributed by atoms with Gasteiger partial charge in [0.2, 0.25) is 6.29 Å². The van der Waals surface area contributed by atoms with Crippen molar-refractivity contribution in [3.8, 4) is 0 Å². The molecule has 2 unspecified atom stereocenters. The molecule has 4 nitrogen and oxygen atoms in total. The summed E-state index contributed by atoms with van der Waals surface area (Å²) in [5.41, 5.74) is 0. The first kappa shape index (κ1) is 12.4. The van der Waals surface area contributed by atoms with Crippen LogP contribution in [0.15, 0.2) is 12.7 Å². The standard InChI is InChI=1S/C3H5O4P.Na/c1-2-3(4)7-8(5)6;/h2-4H,1H2;/q;+1. The molecule has 0 aromatic heterocycles. The van der Waals surface area contributed by atoms with E-state index in [1.807, 2.05) is 0 Å². The summed E-state index contributed by atoms with van der Waals surface area (Å²) in [4.78, 5) is 9.58. The Morgan fingerprint density at radius 1 is 1.89 bits per heavy atom. The Labute approximate surface area is 75.8 Å². The van der Waals surface area contributed by atoms with Gasteiger partial charge < -0.3 is 10.00 Å². The molecule has 0 aromatic carbocycles. The quantitative estimate of drug-likeness (QED) is 0.201. The molecule has 1 N–H and O–H groups in total. The van der Waals surface area contributed by atoms with Gasteiger partial charge in [-0.05, 0) is 10.6 Å². The van der Waals surface area contributed by atoms with Crippen LogP contribution in [0.2, 0.25) is 0 Å². The topological polar surface area (TPSA) is 69.6 Å². The zero-order valence-electron chi connectivity index (χ0n) is 4.98. The minimum Gasteiger partial charge on any atom is -0.566 e. The van der Waals surface area contributed by atoms with E-state index in [4.69, 9.17) is 5.11 Å². The van der Waals surface area contributed by atoms with Crippen LogP contribution >= 0.6 is 8.25 Å². The fourth-order valence-corrected chi connectivity index (χ4v) is 0.394. The summed E-state index contributed by atoms with van der Waals surface area (Å²) in [6.07, 6.45) is -0.443. The molecular formula is C3H5NaO4P+. The molecule has 0 bridgehead atoms. The Morgan fingerprint density at radius 2 is 2.33 bits per heavy atom. The Balaban J connectivity index is 0. The van der Waals surface area contributed by atoms with E-state index in [1.165, 1.54) is 0 Å². The van der Waals surface area contributed by atoms with Crippen LogP contribution in [-0.4, -0.2) is 11.4 Å². The van der Waals surface area contributed by atoms with E-state index in [-0.39, 0.29) is 29.6 Å². The molecule has 0 fully saturated rings. The molecule has 6 heteroatoms. The maximum absolute atomic E-state index is 9.58. The zero-order valence-corrected chi connectivity index (χ0v) is 7.88. The predicted octanol–water partition coefficient (Wildman–Crippen LogP) is -3.47. The van der Waals surface area contributed by atoms with Gasteiger partial charge in [0, 0.05) is 0 Å². The molecule has 0 rings (SSSR count). The third kappa shape index (κ3) is 8.72. The van der Waals surface area contributed by atoms with Crippen LogP contribution in [0.3, 0.4) is 0 Å². The third-order valence-corrected chi connectivity index (χ3v) is 0.784. The van der Waals surface area contributed by atoms with Crippen LogP contribution in [-0.2, 0) is 9.09 Å². The molecule has 0 heterocycles. The molecule has 0 saturated heterocycles. The van der Waals surface area contributed by atoms with Crippen molar-refractivity contribution in [2.24, 2.45) is 0 Å². The fraction of sp³-hybridized carbons (Fsp3) is 0.333. The predicted molar refractivity (Wildman–Crippen MR) is 24.9 cm³/mol. The zero-order chi connectivity index (χ0) is 6.57. The van der Waals surface area contributed by atoms with Crippen LogP contribution in [0.25, 0.3) is 0 Å². The fourth-order valence-electron chi connectivity index (χ4n) is 0.131. The van der Waals surface area contributed by atoms with Crippen LogP contribution in [0, 0.1) is 0 Å². The van der Waals surface area contributed by atoms with E-state index in [1.54, 1.807) is 0 Å². The molecule has 0 aromatic rings. The number of aliphatic hydroxyl groups excluding tert-OH is 1. The van der Waals surface area contributed by atoms with Crippen molar-refractivity contribution in [2.75, 3.05) is 0 Å². The van der Waals surface area contributed by atoms with Gasteiger partial charge in [-0.25, -0.2) is 0 Å². The second-order valence-electron chi connectivity index (χ2n) is 0.955. The first-order valence-corrected chi connectivity index (χ1v) is 2.88. The molecule has 0 radical (unpaired) electrons. The van der Waals surface area contributed by atoms with Crippen molar-refractivity contribution in [2.45, 2.75) is 6.29 Å². The summed E-state index contributed by atoms with van der Waals surface area (Å²) in [6, 6.07) is 0. The second kappa shape index (κ2) is 6.83. The molecule has 0 saturated carbocycles. The summed E-state index contributed by atoms with van der Waals surface area (Å²) >= 11 is 0. The minimum absolute atomic E-state index is 0. The Kier molecular flexibility index (Phi) is 9.42. The summed E-state index contributed by atoms with van der Waals surface area (Å²) < 4.78 is 13.4. The van der Waals surface area contributed by atoms with E-state index in [2.05, 4.69) is 11.1 Å². The number of hydrogen-bond donors (Lipinski definition) is 1. The largest absolute Gasteiger partial charge is 1.00 e. The van der Waals surface area contributed by atoms with Crippen molar-refractivity contribution in [3.63, 3.8) is 0 Å². The van der Waals surface area contributed by atoms with Gasteiger partial charge in [-0.15, -0.1) is 4.52 Å². The average Bonchev–Trinajstić information content (AvgIpc) is 1.65. The third-order valence-electron chi connectivity index (χ3n) is 0.396. The normalized spacial score (nSPS) is 13.3. The molecule has 0 amide bonds. The van der Waals surface area contributed by atoms with Crippen LogP contribution in [0.4, 0.5) is 0 Å². The van der Waals surface area contributed by atoms with Gasteiger partial charge in [0.1, 0.15) is 0 Å². The van der Waals surface area contributed by atoms with E-state index in [9.17, 15) is 9.46 Å². The van der Waals surface area contributed by atoms with Gasteiger partial charge in [-0.1, -0.05) is 6.58 Å². The molecule has 0 spiro atoms. The van der Waals surface area contributed by atoms with Gasteiger partial charge in [0.25, 0.3) is 0 Å². The van der Waals surface area contributed by atoms with Gasteiger partial charge in [-0.3, -0.25) is 0 Å². The minimum atomic E-state index is -2.97. The van der Waals surface area contributed by atoms with E-state index < -0.39 is 14.5 Å². The maximum Gasteiger partial charge on any atom is 1.00 e. The van der Waals surface area contributed by atoms with Gasteiger partial charge in [0.15, 0.2) is 0 Å². The Hall–Kier alpha value is 0.720. The second-order valence-corrected chi connectivity index (χ2v) is 1.61. The smallest absolute Gasteiger partial charge is 0.566 e. The van der Waals surface area contributed by atoms with Crippen LogP contribution < -0.4 is 34.5 Å². The summed E-state index contributed by atoms with van der Waals surface area (Å²) in [7, 11) is -2.97. The van der Waals surface area contributed by atoms with E-state index >= 15 is 0 Å². The molecular weight excluding hydrogens is 154 g/mol. The monoisotopic (exact) mass is 159 g/mol. The first-order chi connectivity index (χ1) is 3.66. The number of rotatable bonds is 3. The average molecular weight is 159 g/mol. The number of aliphatic hydroxyl groups is 1. The molecule has 9 heavy (non-hydrogen) atoms.